The van der Waals surface area contributed by atoms with E-state index in [1.54, 1.807) is 0 Å². The Balaban J connectivity index is 2.63. The Hall–Kier alpha value is -1.02. The van der Waals surface area contributed by atoms with E-state index >= 15 is 0 Å². The first kappa shape index (κ1) is 13.0. The summed E-state index contributed by atoms with van der Waals surface area (Å²) in [5.74, 6) is 1.59. The summed E-state index contributed by atoms with van der Waals surface area (Å²) in [7, 11) is 0. The molecule has 0 heterocycles. The molecule has 16 heavy (non-hydrogen) atoms. The van der Waals surface area contributed by atoms with Crippen LogP contribution in [0.1, 0.15) is 32.8 Å². The van der Waals surface area contributed by atoms with Crippen LogP contribution in [0.2, 0.25) is 0 Å². The predicted octanol–water partition coefficient (Wildman–Crippen LogP) is 3.00. The van der Waals surface area contributed by atoms with Gasteiger partial charge >= 0.3 is 0 Å². The van der Waals surface area contributed by atoms with Crippen LogP contribution in [-0.4, -0.2) is 12.6 Å². The summed E-state index contributed by atoms with van der Waals surface area (Å²) in [6.07, 6.45) is 2.02. The van der Waals surface area contributed by atoms with Gasteiger partial charge in [-0.1, -0.05) is 38.5 Å². The topological polar surface area (TPSA) is 35.2 Å². The number of hydrogen-bond acceptors (Lipinski definition) is 2. The fourth-order valence-corrected chi connectivity index (χ4v) is 1.51. The van der Waals surface area contributed by atoms with Crippen LogP contribution in [0.15, 0.2) is 24.3 Å². The minimum Gasteiger partial charge on any atom is -0.493 e. The van der Waals surface area contributed by atoms with E-state index in [0.29, 0.717) is 5.92 Å². The Kier molecular flexibility index (Phi) is 5.33. The van der Waals surface area contributed by atoms with Gasteiger partial charge in [0.1, 0.15) is 5.75 Å². The molecule has 0 amide bonds. The Morgan fingerprint density at radius 3 is 2.56 bits per heavy atom. The number of benzene rings is 1. The minimum absolute atomic E-state index is 0.174. The van der Waals surface area contributed by atoms with Crippen molar-refractivity contribution in [1.82, 2.24) is 0 Å². The summed E-state index contributed by atoms with van der Waals surface area (Å²) >= 11 is 0. The molecule has 2 heteroatoms. The first-order valence-electron chi connectivity index (χ1n) is 6.09. The SMILES string of the molecule is CCC(C)COc1ccccc1CC(C)N. The summed E-state index contributed by atoms with van der Waals surface area (Å²) in [6, 6.07) is 8.34. The zero-order valence-electron chi connectivity index (χ0n) is 10.6. The number of ether oxygens (including phenoxy) is 1. The van der Waals surface area contributed by atoms with E-state index < -0.39 is 0 Å². The molecule has 1 aromatic rings. The van der Waals surface area contributed by atoms with Crippen molar-refractivity contribution < 1.29 is 4.74 Å². The monoisotopic (exact) mass is 221 g/mol. The van der Waals surface area contributed by atoms with Crippen LogP contribution >= 0.6 is 0 Å². The van der Waals surface area contributed by atoms with Crippen molar-refractivity contribution >= 4 is 0 Å². The van der Waals surface area contributed by atoms with Crippen LogP contribution < -0.4 is 10.5 Å². The molecule has 0 radical (unpaired) electrons. The van der Waals surface area contributed by atoms with Gasteiger partial charge in [0, 0.05) is 6.04 Å². The molecule has 0 aliphatic heterocycles. The van der Waals surface area contributed by atoms with Gasteiger partial charge in [-0.15, -0.1) is 0 Å². The Morgan fingerprint density at radius 2 is 1.94 bits per heavy atom. The Morgan fingerprint density at radius 1 is 1.25 bits per heavy atom. The zero-order valence-corrected chi connectivity index (χ0v) is 10.6. The highest BCUT2D eigenvalue weighted by molar-refractivity contribution is 5.33. The van der Waals surface area contributed by atoms with E-state index in [-0.39, 0.29) is 6.04 Å². The standard InChI is InChI=1S/C14H23NO/c1-4-11(2)10-16-14-8-6-5-7-13(14)9-12(3)15/h5-8,11-12H,4,9-10,15H2,1-3H3. The lowest BCUT2D eigenvalue weighted by atomic mass is 10.1. The van der Waals surface area contributed by atoms with Crippen molar-refractivity contribution in [1.29, 1.82) is 0 Å². The van der Waals surface area contributed by atoms with Crippen molar-refractivity contribution in [2.75, 3.05) is 6.61 Å². The molecule has 1 aromatic carbocycles. The van der Waals surface area contributed by atoms with Crippen molar-refractivity contribution in [3.05, 3.63) is 29.8 Å². The van der Waals surface area contributed by atoms with Crippen LogP contribution in [0, 0.1) is 5.92 Å². The van der Waals surface area contributed by atoms with Crippen LogP contribution in [0.5, 0.6) is 5.75 Å². The third-order valence-electron chi connectivity index (χ3n) is 2.73. The van der Waals surface area contributed by atoms with Gasteiger partial charge in [-0.3, -0.25) is 0 Å². The van der Waals surface area contributed by atoms with Crippen molar-refractivity contribution in [3.8, 4) is 5.75 Å². The molecule has 0 aromatic heterocycles. The molecule has 2 N–H and O–H groups in total. The van der Waals surface area contributed by atoms with Crippen LogP contribution in [0.3, 0.4) is 0 Å². The van der Waals surface area contributed by atoms with Gasteiger partial charge in [0.15, 0.2) is 0 Å². The quantitative estimate of drug-likeness (QED) is 0.801. The summed E-state index contributed by atoms with van der Waals surface area (Å²) in [4.78, 5) is 0. The van der Waals surface area contributed by atoms with Crippen LogP contribution in [0.4, 0.5) is 0 Å². The van der Waals surface area contributed by atoms with Gasteiger partial charge in [0.05, 0.1) is 6.61 Å². The molecule has 90 valence electrons. The number of rotatable bonds is 6. The van der Waals surface area contributed by atoms with Gasteiger partial charge in [0.25, 0.3) is 0 Å². The molecule has 2 unspecified atom stereocenters. The van der Waals surface area contributed by atoms with Gasteiger partial charge in [-0.05, 0) is 30.9 Å². The molecule has 0 spiro atoms. The fourth-order valence-electron chi connectivity index (χ4n) is 1.51. The number of hydrogen-bond donors (Lipinski definition) is 1. The van der Waals surface area contributed by atoms with Gasteiger partial charge in [-0.2, -0.15) is 0 Å². The van der Waals surface area contributed by atoms with E-state index in [1.165, 1.54) is 5.56 Å². The smallest absolute Gasteiger partial charge is 0.122 e. The average Bonchev–Trinajstić information content (AvgIpc) is 2.26. The van der Waals surface area contributed by atoms with Crippen molar-refractivity contribution in [3.63, 3.8) is 0 Å². The molecule has 0 fully saturated rings. The molecule has 0 aliphatic carbocycles. The summed E-state index contributed by atoms with van der Waals surface area (Å²) in [5, 5.41) is 0. The molecule has 2 atom stereocenters. The highest BCUT2D eigenvalue weighted by Gasteiger charge is 2.06. The highest BCUT2D eigenvalue weighted by atomic mass is 16.5. The average molecular weight is 221 g/mol. The fraction of sp³-hybridized carbons (Fsp3) is 0.571. The number of nitrogens with two attached hydrogens (primary N) is 1. The third-order valence-corrected chi connectivity index (χ3v) is 2.73. The second-order valence-corrected chi connectivity index (χ2v) is 4.61. The normalized spacial score (nSPS) is 14.5. The first-order chi connectivity index (χ1) is 7.63. The molecule has 0 saturated heterocycles. The third kappa shape index (κ3) is 4.23. The second-order valence-electron chi connectivity index (χ2n) is 4.61. The Bertz CT molecular complexity index is 309. The molecule has 1 rings (SSSR count). The van der Waals surface area contributed by atoms with Gasteiger partial charge in [0.2, 0.25) is 0 Å². The minimum atomic E-state index is 0.174. The van der Waals surface area contributed by atoms with Crippen molar-refractivity contribution in [2.24, 2.45) is 11.7 Å². The maximum Gasteiger partial charge on any atom is 0.122 e. The Labute approximate surface area is 98.8 Å². The molecule has 0 aliphatic rings. The van der Waals surface area contributed by atoms with E-state index in [4.69, 9.17) is 10.5 Å². The summed E-state index contributed by atoms with van der Waals surface area (Å²) < 4.78 is 5.84. The van der Waals surface area contributed by atoms with E-state index in [1.807, 2.05) is 25.1 Å². The van der Waals surface area contributed by atoms with E-state index in [9.17, 15) is 0 Å². The molecular weight excluding hydrogens is 198 g/mol. The predicted molar refractivity (Wildman–Crippen MR) is 68.7 cm³/mol. The highest BCUT2D eigenvalue weighted by Crippen LogP contribution is 2.20. The molecule has 0 saturated carbocycles. The molecule has 2 nitrogen and oxygen atoms in total. The zero-order chi connectivity index (χ0) is 12.0. The second kappa shape index (κ2) is 6.54. The lowest BCUT2D eigenvalue weighted by molar-refractivity contribution is 0.254. The largest absolute Gasteiger partial charge is 0.493 e. The van der Waals surface area contributed by atoms with E-state index in [2.05, 4.69) is 19.9 Å². The summed E-state index contributed by atoms with van der Waals surface area (Å²) in [6.45, 7) is 7.19. The van der Waals surface area contributed by atoms with Gasteiger partial charge in [-0.25, -0.2) is 0 Å². The maximum atomic E-state index is 5.84. The first-order valence-corrected chi connectivity index (χ1v) is 6.09. The maximum absolute atomic E-state index is 5.84. The van der Waals surface area contributed by atoms with Crippen LogP contribution in [0.25, 0.3) is 0 Å². The van der Waals surface area contributed by atoms with E-state index in [0.717, 1.165) is 25.2 Å². The lowest BCUT2D eigenvalue weighted by Crippen LogP contribution is -2.18. The lowest BCUT2D eigenvalue weighted by Gasteiger charge is -2.15. The molecule has 0 bridgehead atoms. The van der Waals surface area contributed by atoms with Crippen molar-refractivity contribution in [2.45, 2.75) is 39.7 Å². The van der Waals surface area contributed by atoms with Gasteiger partial charge < -0.3 is 10.5 Å². The van der Waals surface area contributed by atoms with Crippen LogP contribution in [-0.2, 0) is 6.42 Å². The number of para-hydroxylation sites is 1. The summed E-state index contributed by atoms with van der Waals surface area (Å²) in [5.41, 5.74) is 7.03. The molecular formula is C14H23NO.